The predicted molar refractivity (Wildman–Crippen MR) is 98.7 cm³/mol. The van der Waals surface area contributed by atoms with E-state index in [1.807, 2.05) is 13.8 Å². The summed E-state index contributed by atoms with van der Waals surface area (Å²) in [5.74, 6) is -0.996. The number of hydrogen-bond acceptors (Lipinski definition) is 6. The second-order valence-corrected chi connectivity index (χ2v) is 8.15. The Hall–Kier alpha value is -1.84. The van der Waals surface area contributed by atoms with Gasteiger partial charge in [0.2, 0.25) is 17.7 Å². The molecule has 1 aliphatic heterocycles. The fourth-order valence-corrected chi connectivity index (χ4v) is 2.69. The summed E-state index contributed by atoms with van der Waals surface area (Å²) in [6, 6.07) is 0. The van der Waals surface area contributed by atoms with E-state index in [0.717, 1.165) is 0 Å². The predicted octanol–water partition coefficient (Wildman–Crippen LogP) is 0.158. The molecule has 4 amide bonds. The number of quaternary nitrogens is 1. The van der Waals surface area contributed by atoms with Gasteiger partial charge in [0.05, 0.1) is 26.1 Å². The van der Waals surface area contributed by atoms with Crippen LogP contribution in [0.2, 0.25) is 0 Å². The maximum absolute atomic E-state index is 12.6. The molecule has 1 unspecified atom stereocenters. The van der Waals surface area contributed by atoms with Crippen LogP contribution in [0.3, 0.4) is 0 Å². The molecule has 1 fully saturated rings. The summed E-state index contributed by atoms with van der Waals surface area (Å²) in [6.07, 6.45) is 1.10. The largest absolute Gasteiger partial charge is 0.325 e. The number of likely N-dealkylation sites (tertiary alicyclic amines) is 1. The van der Waals surface area contributed by atoms with Crippen LogP contribution in [0.5, 0.6) is 0 Å². The maximum atomic E-state index is 12.6. The topological polar surface area (TPSA) is 105 Å². The van der Waals surface area contributed by atoms with E-state index in [9.17, 15) is 19.2 Å². The molecule has 1 aliphatic rings. The van der Waals surface area contributed by atoms with Crippen molar-refractivity contribution < 1.29 is 28.4 Å². The van der Waals surface area contributed by atoms with Crippen LogP contribution >= 0.6 is 0 Å². The van der Waals surface area contributed by atoms with E-state index in [0.29, 0.717) is 12.8 Å². The zero-order valence-corrected chi connectivity index (χ0v) is 17.3. The molecule has 0 aliphatic carbocycles. The third kappa shape index (κ3) is 7.00. The Bertz CT molecular complexity index is 588. The quantitative estimate of drug-likeness (QED) is 0.240. The van der Waals surface area contributed by atoms with Gasteiger partial charge in [-0.15, -0.1) is 0 Å². The number of hydrogen-bond donors (Lipinski definition) is 2. The van der Waals surface area contributed by atoms with E-state index in [-0.39, 0.29) is 60.1 Å². The molecule has 2 N–H and O–H groups in total. The average molecular weight is 385 g/mol. The highest BCUT2D eigenvalue weighted by molar-refractivity contribution is 6.03. The first-order chi connectivity index (χ1) is 12.4. The molecule has 0 aromatic heterocycles. The van der Waals surface area contributed by atoms with E-state index in [4.69, 9.17) is 4.74 Å². The van der Waals surface area contributed by atoms with Crippen molar-refractivity contribution in [2.24, 2.45) is 5.92 Å². The fraction of sp³-hybridized carbons (Fsp3) is 0.778. The minimum Gasteiger partial charge on any atom is -0.325 e. The number of nitrogens with one attached hydrogen (secondary N) is 2. The summed E-state index contributed by atoms with van der Waals surface area (Å²) in [5.41, 5.74) is 4.51. The zero-order chi connectivity index (χ0) is 20.8. The molecular weight excluding hydrogens is 352 g/mol. The number of hydrazine groups is 1. The molecule has 1 atom stereocenters. The molecule has 1 heterocycles. The lowest BCUT2D eigenvalue weighted by Gasteiger charge is -2.32. The molecule has 1 rings (SSSR count). The van der Waals surface area contributed by atoms with Gasteiger partial charge in [-0.25, -0.2) is 14.7 Å². The normalized spacial score (nSPS) is 18.1. The van der Waals surface area contributed by atoms with Crippen molar-refractivity contribution in [3.05, 3.63) is 0 Å². The number of carbonyl (C=O) groups excluding carboxylic acids is 4. The molecule has 0 spiro atoms. The summed E-state index contributed by atoms with van der Waals surface area (Å²) in [4.78, 5) is 49.0. The molecular formula is C18H33N4O5+. The molecule has 0 aromatic rings. The maximum Gasteiger partial charge on any atom is 0.316 e. The molecule has 1 saturated heterocycles. The third-order valence-electron chi connectivity index (χ3n) is 4.69. The molecule has 9 heteroatoms. The van der Waals surface area contributed by atoms with Crippen molar-refractivity contribution in [2.45, 2.75) is 52.1 Å². The minimum absolute atomic E-state index is 0.0298. The van der Waals surface area contributed by atoms with Crippen LogP contribution in [0.25, 0.3) is 0 Å². The lowest BCUT2D eigenvalue weighted by molar-refractivity contribution is -0.838. The molecule has 27 heavy (non-hydrogen) atoms. The SMILES string of the molecule is CNNC(=O)CCC(C)(C)OC[N+](C)(C)C(=O)CCN1C(=O)CC(C)C1=O. The molecule has 154 valence electrons. The lowest BCUT2D eigenvalue weighted by atomic mass is 10.0. The fourth-order valence-electron chi connectivity index (χ4n) is 2.69. The number of imide groups is 1. The Kier molecular flexibility index (Phi) is 8.06. The van der Waals surface area contributed by atoms with Crippen LogP contribution in [-0.4, -0.2) is 73.0 Å². The first kappa shape index (κ1) is 23.2. The molecule has 0 bridgehead atoms. The van der Waals surface area contributed by atoms with Crippen LogP contribution in [-0.2, 0) is 23.9 Å². The summed E-state index contributed by atoms with van der Waals surface area (Å²) in [5, 5.41) is 0. The summed E-state index contributed by atoms with van der Waals surface area (Å²) >= 11 is 0. The number of rotatable bonds is 10. The van der Waals surface area contributed by atoms with Gasteiger partial charge in [0.15, 0.2) is 6.73 Å². The molecule has 0 radical (unpaired) electrons. The van der Waals surface area contributed by atoms with Crippen molar-refractivity contribution in [1.82, 2.24) is 15.8 Å². The van der Waals surface area contributed by atoms with Gasteiger partial charge in [-0.2, -0.15) is 0 Å². The lowest BCUT2D eigenvalue weighted by Crippen LogP contribution is -2.50. The van der Waals surface area contributed by atoms with E-state index in [1.165, 1.54) is 4.90 Å². The van der Waals surface area contributed by atoms with Crippen molar-refractivity contribution >= 4 is 23.6 Å². The number of amides is 4. The molecule has 9 nitrogen and oxygen atoms in total. The number of nitrogens with zero attached hydrogens (tertiary/aromatic N) is 2. The Morgan fingerprint density at radius 1 is 1.26 bits per heavy atom. The Morgan fingerprint density at radius 3 is 2.41 bits per heavy atom. The minimum atomic E-state index is -0.572. The second kappa shape index (κ2) is 9.38. The van der Waals surface area contributed by atoms with Crippen molar-refractivity contribution in [3.8, 4) is 0 Å². The van der Waals surface area contributed by atoms with Crippen LogP contribution in [0.1, 0.15) is 46.5 Å². The van der Waals surface area contributed by atoms with Crippen LogP contribution in [0, 0.1) is 5.92 Å². The Labute approximate surface area is 160 Å². The van der Waals surface area contributed by atoms with Crippen LogP contribution < -0.4 is 10.9 Å². The van der Waals surface area contributed by atoms with E-state index < -0.39 is 5.60 Å². The van der Waals surface area contributed by atoms with Gasteiger partial charge < -0.3 is 4.74 Å². The van der Waals surface area contributed by atoms with Gasteiger partial charge in [0.1, 0.15) is 0 Å². The third-order valence-corrected chi connectivity index (χ3v) is 4.69. The Morgan fingerprint density at radius 2 is 1.89 bits per heavy atom. The van der Waals surface area contributed by atoms with Gasteiger partial charge in [-0.05, 0) is 20.3 Å². The van der Waals surface area contributed by atoms with Gasteiger partial charge in [-0.1, -0.05) is 6.92 Å². The van der Waals surface area contributed by atoms with E-state index in [1.54, 1.807) is 28.1 Å². The molecule has 0 saturated carbocycles. The smallest absolute Gasteiger partial charge is 0.316 e. The highest BCUT2D eigenvalue weighted by atomic mass is 16.5. The second-order valence-electron chi connectivity index (χ2n) is 8.15. The Balaban J connectivity index is 2.48. The van der Waals surface area contributed by atoms with E-state index >= 15 is 0 Å². The van der Waals surface area contributed by atoms with Gasteiger partial charge in [-0.3, -0.25) is 24.7 Å². The summed E-state index contributed by atoms with van der Waals surface area (Å²) in [7, 11) is 5.07. The molecule has 0 aromatic carbocycles. The highest BCUT2D eigenvalue weighted by Crippen LogP contribution is 2.21. The number of carbonyl (C=O) groups is 4. The summed E-state index contributed by atoms with van der Waals surface area (Å²) < 4.78 is 5.85. The highest BCUT2D eigenvalue weighted by Gasteiger charge is 2.37. The van der Waals surface area contributed by atoms with Crippen molar-refractivity contribution in [2.75, 3.05) is 34.4 Å². The van der Waals surface area contributed by atoms with Crippen molar-refractivity contribution in [1.29, 1.82) is 0 Å². The van der Waals surface area contributed by atoms with E-state index in [2.05, 4.69) is 10.9 Å². The van der Waals surface area contributed by atoms with Gasteiger partial charge in [0.25, 0.3) is 0 Å². The summed E-state index contributed by atoms with van der Waals surface area (Å²) in [6.45, 7) is 5.70. The first-order valence-corrected chi connectivity index (χ1v) is 9.20. The van der Waals surface area contributed by atoms with Crippen LogP contribution in [0.15, 0.2) is 0 Å². The van der Waals surface area contributed by atoms with Gasteiger partial charge in [0, 0.05) is 32.4 Å². The standard InChI is InChI=1S/C18H32N4O5/c1-13-11-15(24)21(17(13)26)10-8-16(25)22(5,6)12-27-18(2,3)9-7-14(23)20-19-4/h13,19H,7-12H2,1-6H3/p+1. The average Bonchev–Trinajstić information content (AvgIpc) is 2.82. The van der Waals surface area contributed by atoms with Crippen LogP contribution in [0.4, 0.5) is 0 Å². The number of ether oxygens (including phenoxy) is 1. The van der Waals surface area contributed by atoms with Gasteiger partial charge >= 0.3 is 5.91 Å². The first-order valence-electron chi connectivity index (χ1n) is 9.20. The van der Waals surface area contributed by atoms with Crippen molar-refractivity contribution in [3.63, 3.8) is 0 Å². The zero-order valence-electron chi connectivity index (χ0n) is 17.3. The monoisotopic (exact) mass is 385 g/mol.